The number of carbonyl (C=O) groups is 1. The van der Waals surface area contributed by atoms with Crippen LogP contribution in [-0.4, -0.2) is 26.0 Å². The lowest BCUT2D eigenvalue weighted by atomic mass is 10.1. The molecule has 4 aromatic rings. The van der Waals surface area contributed by atoms with Crippen molar-refractivity contribution >= 4 is 28.7 Å². The van der Waals surface area contributed by atoms with Crippen LogP contribution >= 0.6 is 11.6 Å². The Morgan fingerprint density at radius 2 is 1.90 bits per heavy atom. The highest BCUT2D eigenvalue weighted by Gasteiger charge is 2.12. The monoisotopic (exact) mass is 403 g/mol. The van der Waals surface area contributed by atoms with Crippen LogP contribution in [-0.2, 0) is 0 Å². The van der Waals surface area contributed by atoms with Crippen LogP contribution in [0.4, 0.5) is 0 Å². The number of H-pyrrole nitrogens is 1. The average Bonchev–Trinajstić information content (AvgIpc) is 3.09. The molecule has 0 radical (unpaired) electrons. The Hall–Kier alpha value is -3.82. The smallest absolute Gasteiger partial charge is 0.336 e. The molecule has 2 heterocycles. The molecule has 0 saturated carbocycles. The third-order valence-corrected chi connectivity index (χ3v) is 4.45. The van der Waals surface area contributed by atoms with Gasteiger partial charge in [-0.15, -0.1) is 0 Å². The van der Waals surface area contributed by atoms with E-state index in [-0.39, 0.29) is 11.6 Å². The summed E-state index contributed by atoms with van der Waals surface area (Å²) in [5, 5.41) is 9.64. The van der Waals surface area contributed by atoms with Gasteiger partial charge in [0.2, 0.25) is 0 Å². The Balaban J connectivity index is 1.64. The normalized spacial score (nSPS) is 10.4. The van der Waals surface area contributed by atoms with Crippen molar-refractivity contribution in [2.75, 3.05) is 0 Å². The number of aromatic amines is 1. The molecule has 29 heavy (non-hydrogen) atoms. The molecule has 142 valence electrons. The summed E-state index contributed by atoms with van der Waals surface area (Å²) in [6, 6.07) is 16.2. The van der Waals surface area contributed by atoms with E-state index in [1.807, 2.05) is 30.3 Å². The van der Waals surface area contributed by atoms with Crippen LogP contribution in [0.3, 0.4) is 0 Å². The van der Waals surface area contributed by atoms with Crippen molar-refractivity contribution in [3.8, 4) is 23.6 Å². The van der Waals surface area contributed by atoms with Gasteiger partial charge in [-0.3, -0.25) is 0 Å². The van der Waals surface area contributed by atoms with Gasteiger partial charge in [-0.05, 0) is 48.7 Å². The zero-order valence-corrected chi connectivity index (χ0v) is 16.0. The molecule has 0 aliphatic carbocycles. The summed E-state index contributed by atoms with van der Waals surface area (Å²) in [4.78, 5) is 23.0. The van der Waals surface area contributed by atoms with Crippen molar-refractivity contribution in [1.82, 2.24) is 15.0 Å². The maximum absolute atomic E-state index is 11.3. The number of nitrogens with zero attached hydrogens (tertiary/aromatic N) is 2. The van der Waals surface area contributed by atoms with Gasteiger partial charge in [-0.1, -0.05) is 41.8 Å². The first-order valence-corrected chi connectivity index (χ1v) is 9.02. The van der Waals surface area contributed by atoms with E-state index in [1.54, 1.807) is 25.1 Å². The van der Waals surface area contributed by atoms with Crippen molar-refractivity contribution in [1.29, 1.82) is 0 Å². The van der Waals surface area contributed by atoms with Crippen LogP contribution in [0.15, 0.2) is 54.6 Å². The van der Waals surface area contributed by atoms with E-state index in [0.717, 1.165) is 5.56 Å². The summed E-state index contributed by atoms with van der Waals surface area (Å²) in [5.41, 5.74) is 3.05. The predicted molar refractivity (Wildman–Crippen MR) is 110 cm³/mol. The predicted octanol–water partition coefficient (Wildman–Crippen LogP) is 4.81. The number of rotatable bonds is 3. The fraction of sp³-hybridized carbons (Fsp3) is 0.0455. The standard InChI is InChI=1S/C22H14ClN3O3/c1-13-7-9-15(11-16(13)21(27)28)29-22-25-19-12-17(23)18(24-20(19)26-22)10-8-14-5-3-2-4-6-14/h2-7,9,11-12H,1H3,(H,27,28)(H,24,25,26). The molecule has 2 aromatic heterocycles. The molecule has 0 bridgehead atoms. The van der Waals surface area contributed by atoms with Gasteiger partial charge in [0.05, 0.1) is 16.1 Å². The fourth-order valence-corrected chi connectivity index (χ4v) is 2.89. The molecule has 0 saturated heterocycles. The van der Waals surface area contributed by atoms with Gasteiger partial charge in [0.1, 0.15) is 11.4 Å². The summed E-state index contributed by atoms with van der Waals surface area (Å²) < 4.78 is 5.67. The van der Waals surface area contributed by atoms with Crippen molar-refractivity contribution in [2.24, 2.45) is 0 Å². The Morgan fingerprint density at radius 3 is 2.66 bits per heavy atom. The number of pyridine rings is 1. The van der Waals surface area contributed by atoms with Gasteiger partial charge in [-0.25, -0.2) is 9.78 Å². The number of imidazole rings is 1. The highest BCUT2D eigenvalue weighted by Crippen LogP contribution is 2.26. The molecule has 0 unspecified atom stereocenters. The number of hydrogen-bond acceptors (Lipinski definition) is 4. The summed E-state index contributed by atoms with van der Waals surface area (Å²) in [6.45, 7) is 1.72. The lowest BCUT2D eigenvalue weighted by Gasteiger charge is -2.05. The fourth-order valence-electron chi connectivity index (χ4n) is 2.69. The molecule has 0 atom stereocenters. The lowest BCUT2D eigenvalue weighted by Crippen LogP contribution is -2.00. The van der Waals surface area contributed by atoms with E-state index < -0.39 is 5.97 Å². The number of hydrogen-bond donors (Lipinski definition) is 2. The van der Waals surface area contributed by atoms with Crippen LogP contribution in [0.25, 0.3) is 11.2 Å². The van der Waals surface area contributed by atoms with Crippen molar-refractivity contribution < 1.29 is 14.6 Å². The molecule has 7 heteroatoms. The number of fused-ring (bicyclic) bond motifs is 1. The molecule has 0 aliphatic rings. The van der Waals surface area contributed by atoms with Gasteiger partial charge in [0.25, 0.3) is 0 Å². The molecule has 4 rings (SSSR count). The summed E-state index contributed by atoms with van der Waals surface area (Å²) >= 11 is 6.29. The van der Waals surface area contributed by atoms with Crippen molar-refractivity contribution in [3.63, 3.8) is 0 Å². The molecule has 2 N–H and O–H groups in total. The minimum absolute atomic E-state index is 0.165. The van der Waals surface area contributed by atoms with Gasteiger partial charge >= 0.3 is 12.0 Å². The Kier molecular flexibility index (Phi) is 4.90. The van der Waals surface area contributed by atoms with E-state index in [2.05, 4.69) is 26.8 Å². The van der Waals surface area contributed by atoms with Crippen LogP contribution in [0.2, 0.25) is 5.02 Å². The van der Waals surface area contributed by atoms with E-state index in [1.165, 1.54) is 6.07 Å². The van der Waals surface area contributed by atoms with Crippen LogP contribution in [0.1, 0.15) is 27.2 Å². The zero-order valence-electron chi connectivity index (χ0n) is 15.2. The number of nitrogens with one attached hydrogen (secondary N) is 1. The topological polar surface area (TPSA) is 88.1 Å². The van der Waals surface area contributed by atoms with E-state index in [9.17, 15) is 9.90 Å². The van der Waals surface area contributed by atoms with Crippen molar-refractivity contribution in [2.45, 2.75) is 6.92 Å². The number of aromatic carboxylic acids is 1. The van der Waals surface area contributed by atoms with Crippen LogP contribution < -0.4 is 4.74 Å². The Morgan fingerprint density at radius 1 is 1.10 bits per heavy atom. The Bertz CT molecular complexity index is 1290. The minimum atomic E-state index is -1.02. The quantitative estimate of drug-likeness (QED) is 0.479. The molecular weight excluding hydrogens is 390 g/mol. The molecular formula is C22H14ClN3O3. The van der Waals surface area contributed by atoms with E-state index in [4.69, 9.17) is 16.3 Å². The lowest BCUT2D eigenvalue weighted by molar-refractivity contribution is 0.0695. The molecule has 6 nitrogen and oxygen atoms in total. The van der Waals surface area contributed by atoms with Gasteiger partial charge in [0, 0.05) is 5.56 Å². The summed E-state index contributed by atoms with van der Waals surface area (Å²) in [5.74, 6) is 5.30. The second kappa shape index (κ2) is 7.66. The van der Waals surface area contributed by atoms with Crippen LogP contribution in [0, 0.1) is 18.8 Å². The van der Waals surface area contributed by atoms with Crippen molar-refractivity contribution in [3.05, 3.63) is 82.0 Å². The number of aryl methyl sites for hydroxylation is 1. The maximum atomic E-state index is 11.3. The molecule has 0 amide bonds. The third-order valence-electron chi connectivity index (χ3n) is 4.16. The minimum Gasteiger partial charge on any atom is -0.478 e. The SMILES string of the molecule is Cc1ccc(Oc2nc3nc(C#Cc4ccccc4)c(Cl)cc3[nH]2)cc1C(=O)O. The second-order valence-electron chi connectivity index (χ2n) is 6.23. The van der Waals surface area contributed by atoms with Gasteiger partial charge in [0.15, 0.2) is 5.65 Å². The summed E-state index contributed by atoms with van der Waals surface area (Å²) in [7, 11) is 0. The second-order valence-corrected chi connectivity index (χ2v) is 6.64. The van der Waals surface area contributed by atoms with Gasteiger partial charge in [-0.2, -0.15) is 4.98 Å². The maximum Gasteiger partial charge on any atom is 0.336 e. The molecule has 0 aliphatic heterocycles. The number of halogens is 1. The molecule has 2 aromatic carbocycles. The number of ether oxygens (including phenoxy) is 1. The van der Waals surface area contributed by atoms with E-state index >= 15 is 0 Å². The number of carboxylic acids is 1. The molecule has 0 spiro atoms. The van der Waals surface area contributed by atoms with Crippen LogP contribution in [0.5, 0.6) is 11.8 Å². The Labute approximate surface area is 171 Å². The average molecular weight is 404 g/mol. The first-order chi connectivity index (χ1) is 14.0. The van der Waals surface area contributed by atoms with E-state index in [0.29, 0.717) is 33.2 Å². The number of benzene rings is 2. The third kappa shape index (κ3) is 4.05. The summed E-state index contributed by atoms with van der Waals surface area (Å²) in [6.07, 6.45) is 0. The zero-order chi connectivity index (χ0) is 20.4. The highest BCUT2D eigenvalue weighted by atomic mass is 35.5. The number of aromatic nitrogens is 3. The number of carboxylic acid groups (broad SMARTS) is 1. The highest BCUT2D eigenvalue weighted by molar-refractivity contribution is 6.32. The van der Waals surface area contributed by atoms with Gasteiger partial charge < -0.3 is 14.8 Å². The largest absolute Gasteiger partial charge is 0.478 e. The molecule has 0 fully saturated rings. The first-order valence-electron chi connectivity index (χ1n) is 8.65. The first kappa shape index (κ1) is 18.5.